The molecule has 0 aliphatic carbocycles. The van der Waals surface area contributed by atoms with Crippen molar-refractivity contribution in [3.63, 3.8) is 0 Å². The molecule has 0 radical (unpaired) electrons. The van der Waals surface area contributed by atoms with Crippen LogP contribution in [-0.4, -0.2) is 12.3 Å². The second kappa shape index (κ2) is 5.66. The molecular formula is C8H17NS. The minimum Gasteiger partial charge on any atom is -0.388 e. The molecule has 1 nitrogen and oxygen atoms in total. The predicted molar refractivity (Wildman–Crippen MR) is 50.5 cm³/mol. The Morgan fingerprint density at radius 1 is 1.60 bits per heavy atom. The fraction of sp³-hybridized carbons (Fsp3) is 0.750. The van der Waals surface area contributed by atoms with Gasteiger partial charge in [-0.15, -0.1) is 0 Å². The van der Waals surface area contributed by atoms with Gasteiger partial charge in [0, 0.05) is 18.0 Å². The Bertz CT molecular complexity index is 99.4. The van der Waals surface area contributed by atoms with Crippen molar-refractivity contribution >= 4 is 12.6 Å². The van der Waals surface area contributed by atoms with Crippen LogP contribution in [0.1, 0.15) is 20.3 Å². The van der Waals surface area contributed by atoms with E-state index in [-0.39, 0.29) is 0 Å². The molecule has 0 saturated carbocycles. The number of hydrogen-bond donors (Lipinski definition) is 2. The molecular weight excluding hydrogens is 142 g/mol. The quantitative estimate of drug-likeness (QED) is 0.585. The fourth-order valence-corrected chi connectivity index (χ4v) is 0.705. The van der Waals surface area contributed by atoms with E-state index in [4.69, 9.17) is 0 Å². The van der Waals surface area contributed by atoms with Gasteiger partial charge in [-0.1, -0.05) is 20.4 Å². The zero-order chi connectivity index (χ0) is 7.98. The van der Waals surface area contributed by atoms with Crippen molar-refractivity contribution in [2.75, 3.05) is 12.3 Å². The Kier molecular flexibility index (Phi) is 5.60. The second-order valence-electron chi connectivity index (χ2n) is 2.87. The van der Waals surface area contributed by atoms with Crippen LogP contribution in [0.5, 0.6) is 0 Å². The van der Waals surface area contributed by atoms with E-state index in [2.05, 4.69) is 38.4 Å². The molecule has 0 aromatic rings. The molecule has 0 aliphatic heterocycles. The first-order valence-electron chi connectivity index (χ1n) is 3.69. The summed E-state index contributed by atoms with van der Waals surface area (Å²) in [5, 5.41) is 3.19. The number of thiol groups is 1. The number of hydrogen-bond acceptors (Lipinski definition) is 2. The van der Waals surface area contributed by atoms with Crippen molar-refractivity contribution in [2.24, 2.45) is 5.92 Å². The van der Waals surface area contributed by atoms with Gasteiger partial charge in [-0.3, -0.25) is 0 Å². The van der Waals surface area contributed by atoms with Gasteiger partial charge in [-0.05, 0) is 12.3 Å². The van der Waals surface area contributed by atoms with Crippen LogP contribution in [-0.2, 0) is 0 Å². The molecule has 0 aromatic heterocycles. The summed E-state index contributed by atoms with van der Waals surface area (Å²) in [6, 6.07) is 0. The van der Waals surface area contributed by atoms with Gasteiger partial charge in [0.15, 0.2) is 0 Å². The number of rotatable bonds is 5. The third-order valence-electron chi connectivity index (χ3n) is 1.29. The highest BCUT2D eigenvalue weighted by Crippen LogP contribution is 1.97. The van der Waals surface area contributed by atoms with Crippen molar-refractivity contribution in [3.05, 3.63) is 12.3 Å². The van der Waals surface area contributed by atoms with Gasteiger partial charge in [0.05, 0.1) is 0 Å². The van der Waals surface area contributed by atoms with Gasteiger partial charge in [-0.2, -0.15) is 12.6 Å². The molecule has 60 valence electrons. The van der Waals surface area contributed by atoms with E-state index in [0.29, 0.717) is 0 Å². The maximum atomic E-state index is 4.08. The van der Waals surface area contributed by atoms with E-state index in [9.17, 15) is 0 Å². The molecule has 0 aromatic carbocycles. The summed E-state index contributed by atoms with van der Waals surface area (Å²) in [4.78, 5) is 0. The van der Waals surface area contributed by atoms with E-state index in [1.54, 1.807) is 0 Å². The largest absolute Gasteiger partial charge is 0.388 e. The Morgan fingerprint density at radius 2 is 2.20 bits per heavy atom. The van der Waals surface area contributed by atoms with Crippen molar-refractivity contribution in [1.29, 1.82) is 0 Å². The lowest BCUT2D eigenvalue weighted by Crippen LogP contribution is -2.16. The lowest BCUT2D eigenvalue weighted by molar-refractivity contribution is 0.564. The maximum absolute atomic E-state index is 4.08. The van der Waals surface area contributed by atoms with Crippen LogP contribution in [0.15, 0.2) is 12.3 Å². The van der Waals surface area contributed by atoms with E-state index in [1.807, 2.05) is 0 Å². The van der Waals surface area contributed by atoms with Crippen molar-refractivity contribution in [2.45, 2.75) is 20.3 Å². The molecule has 0 rings (SSSR count). The molecule has 0 atom stereocenters. The molecule has 0 aliphatic rings. The summed E-state index contributed by atoms with van der Waals surface area (Å²) in [6.45, 7) is 9.23. The third-order valence-corrected chi connectivity index (χ3v) is 1.67. The lowest BCUT2D eigenvalue weighted by atomic mass is 10.1. The maximum Gasteiger partial charge on any atom is 0.0296 e. The van der Waals surface area contributed by atoms with Crippen LogP contribution in [0, 0.1) is 5.92 Å². The first-order valence-corrected chi connectivity index (χ1v) is 4.32. The molecule has 0 fully saturated rings. The minimum atomic E-state index is 0.734. The van der Waals surface area contributed by atoms with Gasteiger partial charge in [0.25, 0.3) is 0 Å². The van der Waals surface area contributed by atoms with Crippen molar-refractivity contribution in [3.8, 4) is 0 Å². The third kappa shape index (κ3) is 6.02. The first-order chi connectivity index (χ1) is 4.66. The molecule has 0 spiro atoms. The van der Waals surface area contributed by atoms with Crippen LogP contribution in [0.2, 0.25) is 0 Å². The Morgan fingerprint density at radius 3 is 2.60 bits per heavy atom. The van der Waals surface area contributed by atoms with Gasteiger partial charge in [-0.25, -0.2) is 0 Å². The summed E-state index contributed by atoms with van der Waals surface area (Å²) in [7, 11) is 0. The number of nitrogens with one attached hydrogen (secondary N) is 1. The molecule has 10 heavy (non-hydrogen) atoms. The summed E-state index contributed by atoms with van der Waals surface area (Å²) < 4.78 is 0. The highest BCUT2D eigenvalue weighted by atomic mass is 32.1. The van der Waals surface area contributed by atoms with Gasteiger partial charge in [0.2, 0.25) is 0 Å². The normalized spacial score (nSPS) is 10.0. The first kappa shape index (κ1) is 9.89. The molecule has 0 saturated heterocycles. The topological polar surface area (TPSA) is 12.0 Å². The van der Waals surface area contributed by atoms with Gasteiger partial charge >= 0.3 is 0 Å². The molecule has 0 heterocycles. The zero-order valence-electron chi connectivity index (χ0n) is 6.85. The summed E-state index contributed by atoms with van der Waals surface area (Å²) in [5.41, 5.74) is 1.02. The average molecular weight is 159 g/mol. The SMILES string of the molecule is C=C(CS)NCCC(C)C. The van der Waals surface area contributed by atoms with Crippen molar-refractivity contribution < 1.29 is 0 Å². The highest BCUT2D eigenvalue weighted by Gasteiger charge is 1.92. The zero-order valence-corrected chi connectivity index (χ0v) is 7.75. The van der Waals surface area contributed by atoms with Crippen LogP contribution in [0.25, 0.3) is 0 Å². The second-order valence-corrected chi connectivity index (χ2v) is 3.19. The average Bonchev–Trinajstić information content (AvgIpc) is 1.87. The summed E-state index contributed by atoms with van der Waals surface area (Å²) in [6.07, 6.45) is 1.20. The summed E-state index contributed by atoms with van der Waals surface area (Å²) in [5.74, 6) is 1.50. The van der Waals surface area contributed by atoms with Crippen LogP contribution < -0.4 is 5.32 Å². The van der Waals surface area contributed by atoms with Crippen LogP contribution in [0.4, 0.5) is 0 Å². The molecule has 0 amide bonds. The molecule has 1 N–H and O–H groups in total. The van der Waals surface area contributed by atoms with Crippen LogP contribution >= 0.6 is 12.6 Å². The van der Waals surface area contributed by atoms with Gasteiger partial charge < -0.3 is 5.32 Å². The fourth-order valence-electron chi connectivity index (χ4n) is 0.594. The van der Waals surface area contributed by atoms with E-state index in [0.717, 1.165) is 23.9 Å². The highest BCUT2D eigenvalue weighted by molar-refractivity contribution is 7.80. The van der Waals surface area contributed by atoms with E-state index in [1.165, 1.54) is 6.42 Å². The Labute approximate surface area is 69.3 Å². The minimum absolute atomic E-state index is 0.734. The Hall–Kier alpha value is -0.110. The molecule has 0 unspecified atom stereocenters. The van der Waals surface area contributed by atoms with E-state index >= 15 is 0 Å². The van der Waals surface area contributed by atoms with Crippen molar-refractivity contribution in [1.82, 2.24) is 5.32 Å². The summed E-state index contributed by atoms with van der Waals surface area (Å²) >= 11 is 4.08. The molecule has 0 bridgehead atoms. The standard InChI is InChI=1S/C8H17NS/c1-7(2)4-5-9-8(3)6-10/h7,9-10H,3-6H2,1-2H3. The smallest absolute Gasteiger partial charge is 0.0296 e. The van der Waals surface area contributed by atoms with Gasteiger partial charge in [0.1, 0.15) is 0 Å². The lowest BCUT2D eigenvalue weighted by Gasteiger charge is -2.08. The van der Waals surface area contributed by atoms with E-state index < -0.39 is 0 Å². The Balaban J connectivity index is 3.12. The molecule has 2 heteroatoms. The monoisotopic (exact) mass is 159 g/mol. The predicted octanol–water partition coefficient (Wildman–Crippen LogP) is 2.07. The van der Waals surface area contributed by atoms with Crippen LogP contribution in [0.3, 0.4) is 0 Å².